The maximum atomic E-state index is 12.6. The van der Waals surface area contributed by atoms with E-state index in [1.54, 1.807) is 37.3 Å². The summed E-state index contributed by atoms with van der Waals surface area (Å²) >= 11 is 0. The number of rotatable bonds is 7. The molecule has 0 spiro atoms. The molecule has 0 atom stereocenters. The molecule has 0 bridgehead atoms. The quantitative estimate of drug-likeness (QED) is 0.829. The molecule has 24 heavy (non-hydrogen) atoms. The Labute approximate surface area is 142 Å². The molecule has 0 aliphatic rings. The number of hydrogen-bond donors (Lipinski definition) is 1. The predicted molar refractivity (Wildman–Crippen MR) is 92.7 cm³/mol. The Hall–Kier alpha value is -2.41. The highest BCUT2D eigenvalue weighted by molar-refractivity contribution is 7.92. The highest BCUT2D eigenvalue weighted by Crippen LogP contribution is 2.31. The van der Waals surface area contributed by atoms with E-state index in [2.05, 4.69) is 4.72 Å². The average Bonchev–Trinajstić information content (AvgIpc) is 2.56. The van der Waals surface area contributed by atoms with Crippen LogP contribution in [0, 0.1) is 6.92 Å². The summed E-state index contributed by atoms with van der Waals surface area (Å²) in [6.07, 6.45) is 0. The van der Waals surface area contributed by atoms with Crippen molar-refractivity contribution >= 4 is 15.7 Å². The third kappa shape index (κ3) is 3.91. The number of methoxy groups -OCH3 is 2. The summed E-state index contributed by atoms with van der Waals surface area (Å²) in [7, 11) is -0.784. The summed E-state index contributed by atoms with van der Waals surface area (Å²) in [5.74, 6) is 1.59. The number of nitrogens with one attached hydrogen (secondary N) is 1. The van der Waals surface area contributed by atoms with E-state index >= 15 is 0 Å². The first kappa shape index (κ1) is 17.9. The molecule has 7 heteroatoms. The number of sulfonamides is 1. The first-order chi connectivity index (χ1) is 11.4. The molecule has 0 radical (unpaired) electrons. The average molecular weight is 351 g/mol. The molecule has 0 saturated carbocycles. The second kappa shape index (κ2) is 7.44. The van der Waals surface area contributed by atoms with Gasteiger partial charge in [-0.2, -0.15) is 0 Å². The minimum atomic E-state index is -3.77. The van der Waals surface area contributed by atoms with Crippen molar-refractivity contribution in [1.82, 2.24) is 0 Å². The van der Waals surface area contributed by atoms with Crippen LogP contribution < -0.4 is 18.9 Å². The predicted octanol–water partition coefficient (Wildman–Crippen LogP) is 3.21. The molecule has 0 unspecified atom stereocenters. The summed E-state index contributed by atoms with van der Waals surface area (Å²) in [5.41, 5.74) is 1.06. The lowest BCUT2D eigenvalue weighted by atomic mass is 10.2. The fourth-order valence-electron chi connectivity index (χ4n) is 2.20. The normalized spacial score (nSPS) is 11.0. The summed E-state index contributed by atoms with van der Waals surface area (Å²) in [4.78, 5) is 0.147. The van der Waals surface area contributed by atoms with Crippen LogP contribution >= 0.6 is 0 Å². The topological polar surface area (TPSA) is 73.9 Å². The molecule has 0 aliphatic heterocycles. The molecule has 0 heterocycles. The number of hydrogen-bond acceptors (Lipinski definition) is 5. The fraction of sp³-hybridized carbons (Fsp3) is 0.294. The lowest BCUT2D eigenvalue weighted by molar-refractivity contribution is 0.337. The SMILES string of the molecule is CCOc1ccc(S(=O)(=O)Nc2cc(OC)ccc2OC)cc1C. The Morgan fingerprint density at radius 1 is 1.00 bits per heavy atom. The van der Waals surface area contributed by atoms with Gasteiger partial charge in [-0.15, -0.1) is 0 Å². The van der Waals surface area contributed by atoms with E-state index in [0.29, 0.717) is 29.5 Å². The molecule has 0 fully saturated rings. The molecular formula is C17H21NO5S. The third-order valence-electron chi connectivity index (χ3n) is 3.41. The van der Waals surface area contributed by atoms with Gasteiger partial charge in [0.25, 0.3) is 10.0 Å². The molecule has 6 nitrogen and oxygen atoms in total. The van der Waals surface area contributed by atoms with E-state index in [1.165, 1.54) is 20.3 Å². The van der Waals surface area contributed by atoms with Crippen molar-refractivity contribution in [2.45, 2.75) is 18.7 Å². The Morgan fingerprint density at radius 2 is 1.71 bits per heavy atom. The van der Waals surface area contributed by atoms with Crippen molar-refractivity contribution in [2.75, 3.05) is 25.5 Å². The highest BCUT2D eigenvalue weighted by atomic mass is 32.2. The first-order valence-electron chi connectivity index (χ1n) is 7.39. The van der Waals surface area contributed by atoms with Crippen molar-refractivity contribution in [3.63, 3.8) is 0 Å². The molecule has 0 saturated heterocycles. The summed E-state index contributed by atoms with van der Waals surface area (Å²) in [6, 6.07) is 9.62. The van der Waals surface area contributed by atoms with E-state index in [9.17, 15) is 8.42 Å². The molecule has 1 N–H and O–H groups in total. The number of anilines is 1. The van der Waals surface area contributed by atoms with Crippen molar-refractivity contribution in [3.8, 4) is 17.2 Å². The van der Waals surface area contributed by atoms with Crippen LogP contribution in [-0.2, 0) is 10.0 Å². The van der Waals surface area contributed by atoms with Crippen LogP contribution in [0.4, 0.5) is 5.69 Å². The largest absolute Gasteiger partial charge is 0.497 e. The zero-order valence-corrected chi connectivity index (χ0v) is 14.9. The van der Waals surface area contributed by atoms with Crippen LogP contribution in [0.5, 0.6) is 17.2 Å². The van der Waals surface area contributed by atoms with Crippen LogP contribution in [0.25, 0.3) is 0 Å². The monoisotopic (exact) mass is 351 g/mol. The Bertz CT molecular complexity index is 818. The van der Waals surface area contributed by atoms with Gasteiger partial charge in [0, 0.05) is 6.07 Å². The van der Waals surface area contributed by atoms with Crippen molar-refractivity contribution in [1.29, 1.82) is 0 Å². The highest BCUT2D eigenvalue weighted by Gasteiger charge is 2.18. The maximum Gasteiger partial charge on any atom is 0.262 e. The van der Waals surface area contributed by atoms with Gasteiger partial charge in [0.15, 0.2) is 0 Å². The molecule has 0 aromatic heterocycles. The molecular weight excluding hydrogens is 330 g/mol. The van der Waals surface area contributed by atoms with E-state index in [1.807, 2.05) is 6.92 Å². The van der Waals surface area contributed by atoms with E-state index in [4.69, 9.17) is 14.2 Å². The Balaban J connectivity index is 2.36. The van der Waals surface area contributed by atoms with Crippen LogP contribution in [0.1, 0.15) is 12.5 Å². The van der Waals surface area contributed by atoms with Gasteiger partial charge in [-0.3, -0.25) is 4.72 Å². The maximum absolute atomic E-state index is 12.6. The van der Waals surface area contributed by atoms with Gasteiger partial charge in [0.1, 0.15) is 17.2 Å². The van der Waals surface area contributed by atoms with Crippen LogP contribution in [0.2, 0.25) is 0 Å². The van der Waals surface area contributed by atoms with Crippen molar-refractivity contribution in [2.24, 2.45) is 0 Å². The van der Waals surface area contributed by atoms with Gasteiger partial charge in [-0.1, -0.05) is 0 Å². The van der Waals surface area contributed by atoms with Crippen molar-refractivity contribution < 1.29 is 22.6 Å². The smallest absolute Gasteiger partial charge is 0.262 e. The minimum Gasteiger partial charge on any atom is -0.497 e. The lowest BCUT2D eigenvalue weighted by Crippen LogP contribution is -2.14. The van der Waals surface area contributed by atoms with Gasteiger partial charge >= 0.3 is 0 Å². The number of aryl methyl sites for hydroxylation is 1. The van der Waals surface area contributed by atoms with Gasteiger partial charge < -0.3 is 14.2 Å². The van der Waals surface area contributed by atoms with Crippen LogP contribution in [0.3, 0.4) is 0 Å². The molecule has 130 valence electrons. The lowest BCUT2D eigenvalue weighted by Gasteiger charge is -2.14. The zero-order chi connectivity index (χ0) is 17.7. The van der Waals surface area contributed by atoms with E-state index < -0.39 is 10.0 Å². The first-order valence-corrected chi connectivity index (χ1v) is 8.88. The Morgan fingerprint density at radius 3 is 2.29 bits per heavy atom. The number of ether oxygens (including phenoxy) is 3. The van der Waals surface area contributed by atoms with E-state index in [0.717, 1.165) is 5.56 Å². The second-order valence-corrected chi connectivity index (χ2v) is 6.71. The molecule has 0 aliphatic carbocycles. The second-order valence-electron chi connectivity index (χ2n) is 5.03. The minimum absolute atomic E-state index is 0.147. The molecule has 2 aromatic rings. The van der Waals surface area contributed by atoms with Crippen LogP contribution in [-0.4, -0.2) is 29.2 Å². The Kier molecular flexibility index (Phi) is 5.56. The van der Waals surface area contributed by atoms with Gasteiger partial charge in [-0.05, 0) is 49.7 Å². The van der Waals surface area contributed by atoms with E-state index in [-0.39, 0.29) is 4.90 Å². The third-order valence-corrected chi connectivity index (χ3v) is 4.77. The van der Waals surface area contributed by atoms with Gasteiger partial charge in [0.2, 0.25) is 0 Å². The summed E-state index contributed by atoms with van der Waals surface area (Å²) in [6.45, 7) is 4.20. The molecule has 2 aromatic carbocycles. The standard InChI is InChI=1S/C17H21NO5S/c1-5-23-16-9-7-14(10-12(16)2)24(19,20)18-15-11-13(21-3)6-8-17(15)22-4/h6-11,18H,5H2,1-4H3. The molecule has 0 amide bonds. The van der Waals surface area contributed by atoms with Crippen molar-refractivity contribution in [3.05, 3.63) is 42.0 Å². The van der Waals surface area contributed by atoms with Gasteiger partial charge in [-0.25, -0.2) is 8.42 Å². The molecule has 2 rings (SSSR count). The van der Waals surface area contributed by atoms with Crippen LogP contribution in [0.15, 0.2) is 41.3 Å². The summed E-state index contributed by atoms with van der Waals surface area (Å²) in [5, 5.41) is 0. The number of benzene rings is 2. The summed E-state index contributed by atoms with van der Waals surface area (Å²) < 4.78 is 43.6. The van der Waals surface area contributed by atoms with Gasteiger partial charge in [0.05, 0.1) is 31.4 Å². The zero-order valence-electron chi connectivity index (χ0n) is 14.1. The fourth-order valence-corrected chi connectivity index (χ4v) is 3.35.